The molecule has 0 aliphatic rings. The van der Waals surface area contributed by atoms with Crippen molar-refractivity contribution in [3.05, 3.63) is 53.9 Å². The first kappa shape index (κ1) is 16.2. The average Bonchev–Trinajstić information content (AvgIpc) is 2.94. The predicted octanol–water partition coefficient (Wildman–Crippen LogP) is 1.07. The third kappa shape index (κ3) is 4.68. The quantitative estimate of drug-likeness (QED) is 0.831. The van der Waals surface area contributed by atoms with E-state index in [1.807, 2.05) is 30.3 Å². The molecule has 0 radical (unpaired) electrons. The van der Waals surface area contributed by atoms with Gasteiger partial charge in [0, 0.05) is 26.8 Å². The Bertz CT molecular complexity index is 598. The maximum absolute atomic E-state index is 12.1. The monoisotopic (exact) mass is 303 g/mol. The Morgan fingerprint density at radius 2 is 2.14 bits per heavy atom. The van der Waals surface area contributed by atoms with Gasteiger partial charge < -0.3 is 14.7 Å². The standard InChI is InChI=1S/C16H21N3O3/c1-18(16(21)14-8-17-19(2)9-14)10-15(20)12-22-11-13-6-4-3-5-7-13/h3-9,15,20H,10-12H2,1-2H3. The molecule has 1 heterocycles. The summed E-state index contributed by atoms with van der Waals surface area (Å²) in [5, 5.41) is 13.9. The minimum absolute atomic E-state index is 0.171. The fourth-order valence-electron chi connectivity index (χ4n) is 2.09. The first-order valence-corrected chi connectivity index (χ1v) is 7.10. The fourth-order valence-corrected chi connectivity index (χ4v) is 2.09. The van der Waals surface area contributed by atoms with Crippen molar-refractivity contribution < 1.29 is 14.6 Å². The van der Waals surface area contributed by atoms with E-state index in [9.17, 15) is 9.90 Å². The molecule has 0 saturated carbocycles. The highest BCUT2D eigenvalue weighted by Crippen LogP contribution is 2.04. The van der Waals surface area contributed by atoms with Crippen LogP contribution in [0.4, 0.5) is 0 Å². The van der Waals surface area contributed by atoms with Gasteiger partial charge in [-0.2, -0.15) is 5.10 Å². The third-order valence-corrected chi connectivity index (χ3v) is 3.20. The van der Waals surface area contributed by atoms with E-state index in [-0.39, 0.29) is 19.1 Å². The first-order valence-electron chi connectivity index (χ1n) is 7.10. The van der Waals surface area contributed by atoms with Crippen molar-refractivity contribution in [2.24, 2.45) is 7.05 Å². The molecule has 0 fully saturated rings. The van der Waals surface area contributed by atoms with Gasteiger partial charge >= 0.3 is 0 Å². The lowest BCUT2D eigenvalue weighted by molar-refractivity contribution is 0.0137. The number of aliphatic hydroxyl groups excluding tert-OH is 1. The zero-order valence-electron chi connectivity index (χ0n) is 12.8. The highest BCUT2D eigenvalue weighted by atomic mass is 16.5. The number of likely N-dealkylation sites (N-methyl/N-ethyl adjacent to an activating group) is 1. The number of benzene rings is 1. The number of aromatic nitrogens is 2. The predicted molar refractivity (Wildman–Crippen MR) is 82.3 cm³/mol. The molecule has 0 aliphatic heterocycles. The molecule has 2 rings (SSSR count). The molecule has 0 bridgehead atoms. The van der Waals surface area contributed by atoms with Crippen molar-refractivity contribution in [3.8, 4) is 0 Å². The summed E-state index contributed by atoms with van der Waals surface area (Å²) in [5.74, 6) is -0.171. The van der Waals surface area contributed by atoms with Crippen molar-refractivity contribution >= 4 is 5.91 Å². The van der Waals surface area contributed by atoms with E-state index >= 15 is 0 Å². The van der Waals surface area contributed by atoms with Crippen LogP contribution in [-0.2, 0) is 18.4 Å². The number of aryl methyl sites for hydroxylation is 1. The molecule has 1 aromatic heterocycles. The van der Waals surface area contributed by atoms with E-state index in [0.717, 1.165) is 5.56 Å². The van der Waals surface area contributed by atoms with Crippen LogP contribution in [0.2, 0.25) is 0 Å². The van der Waals surface area contributed by atoms with Gasteiger partial charge in [-0.05, 0) is 5.56 Å². The minimum atomic E-state index is -0.727. The average molecular weight is 303 g/mol. The summed E-state index contributed by atoms with van der Waals surface area (Å²) in [6.07, 6.45) is 2.43. The number of rotatable bonds is 7. The van der Waals surface area contributed by atoms with Gasteiger partial charge in [-0.15, -0.1) is 0 Å². The van der Waals surface area contributed by atoms with Crippen LogP contribution in [0.15, 0.2) is 42.7 Å². The maximum atomic E-state index is 12.1. The molecular weight excluding hydrogens is 282 g/mol. The molecule has 1 N–H and O–H groups in total. The lowest BCUT2D eigenvalue weighted by Crippen LogP contribution is -2.36. The molecule has 1 unspecified atom stereocenters. The summed E-state index contributed by atoms with van der Waals surface area (Å²) in [6.45, 7) is 0.834. The first-order chi connectivity index (χ1) is 10.6. The Kier molecular flexibility index (Phi) is 5.68. The third-order valence-electron chi connectivity index (χ3n) is 3.20. The van der Waals surface area contributed by atoms with E-state index in [2.05, 4.69) is 5.10 Å². The molecule has 6 nitrogen and oxygen atoms in total. The van der Waals surface area contributed by atoms with Gasteiger partial charge in [0.2, 0.25) is 0 Å². The summed E-state index contributed by atoms with van der Waals surface area (Å²) in [7, 11) is 3.40. The molecule has 0 spiro atoms. The Balaban J connectivity index is 1.74. The number of aliphatic hydroxyl groups is 1. The van der Waals surface area contributed by atoms with Gasteiger partial charge in [0.25, 0.3) is 5.91 Å². The van der Waals surface area contributed by atoms with Crippen molar-refractivity contribution in [3.63, 3.8) is 0 Å². The van der Waals surface area contributed by atoms with Crippen LogP contribution in [0.1, 0.15) is 15.9 Å². The maximum Gasteiger partial charge on any atom is 0.256 e. The second-order valence-electron chi connectivity index (χ2n) is 5.24. The summed E-state index contributed by atoms with van der Waals surface area (Å²) in [4.78, 5) is 13.6. The number of carbonyl (C=O) groups is 1. The van der Waals surface area contributed by atoms with E-state index < -0.39 is 6.10 Å². The zero-order chi connectivity index (χ0) is 15.9. The van der Waals surface area contributed by atoms with Gasteiger partial charge in [-0.25, -0.2) is 0 Å². The lowest BCUT2D eigenvalue weighted by atomic mass is 10.2. The fraction of sp³-hybridized carbons (Fsp3) is 0.375. The molecule has 118 valence electrons. The number of nitrogens with zero attached hydrogens (tertiary/aromatic N) is 3. The normalized spacial score (nSPS) is 12.1. The van der Waals surface area contributed by atoms with Gasteiger partial charge in [0.15, 0.2) is 0 Å². The van der Waals surface area contributed by atoms with Gasteiger partial charge in [-0.3, -0.25) is 9.48 Å². The van der Waals surface area contributed by atoms with Crippen molar-refractivity contribution in [2.75, 3.05) is 20.2 Å². The van der Waals surface area contributed by atoms with Gasteiger partial charge in [0.1, 0.15) is 0 Å². The minimum Gasteiger partial charge on any atom is -0.389 e. The summed E-state index contributed by atoms with van der Waals surface area (Å²) in [6, 6.07) is 9.75. The number of amides is 1. The van der Waals surface area contributed by atoms with Gasteiger partial charge in [-0.1, -0.05) is 30.3 Å². The molecule has 0 saturated heterocycles. The number of ether oxygens (including phenoxy) is 1. The van der Waals surface area contributed by atoms with Crippen molar-refractivity contribution in [2.45, 2.75) is 12.7 Å². The van der Waals surface area contributed by atoms with Crippen LogP contribution in [-0.4, -0.2) is 52.0 Å². The molecule has 2 aromatic rings. The lowest BCUT2D eigenvalue weighted by Gasteiger charge is -2.20. The zero-order valence-corrected chi connectivity index (χ0v) is 12.8. The SMILES string of the molecule is CN(CC(O)COCc1ccccc1)C(=O)c1cnn(C)c1. The Labute approximate surface area is 129 Å². The van der Waals surface area contributed by atoms with Crippen LogP contribution in [0, 0.1) is 0 Å². The number of hydrogen-bond acceptors (Lipinski definition) is 4. The van der Waals surface area contributed by atoms with E-state index in [1.54, 1.807) is 25.0 Å². The summed E-state index contributed by atoms with van der Waals surface area (Å²) >= 11 is 0. The second kappa shape index (κ2) is 7.72. The van der Waals surface area contributed by atoms with E-state index in [0.29, 0.717) is 12.2 Å². The van der Waals surface area contributed by atoms with Crippen LogP contribution < -0.4 is 0 Å². The van der Waals surface area contributed by atoms with Gasteiger partial charge in [0.05, 0.1) is 31.1 Å². The number of carbonyl (C=O) groups excluding carboxylic acids is 1. The summed E-state index contributed by atoms with van der Waals surface area (Å²) < 4.78 is 7.04. The summed E-state index contributed by atoms with van der Waals surface area (Å²) in [5.41, 5.74) is 1.55. The molecule has 1 atom stereocenters. The molecule has 6 heteroatoms. The Morgan fingerprint density at radius 3 is 2.77 bits per heavy atom. The van der Waals surface area contributed by atoms with E-state index in [1.165, 1.54) is 11.1 Å². The second-order valence-corrected chi connectivity index (χ2v) is 5.24. The smallest absolute Gasteiger partial charge is 0.256 e. The molecule has 22 heavy (non-hydrogen) atoms. The molecule has 1 amide bonds. The van der Waals surface area contributed by atoms with Crippen LogP contribution >= 0.6 is 0 Å². The topological polar surface area (TPSA) is 67.6 Å². The largest absolute Gasteiger partial charge is 0.389 e. The van der Waals surface area contributed by atoms with Crippen LogP contribution in [0.25, 0.3) is 0 Å². The van der Waals surface area contributed by atoms with Crippen LogP contribution in [0.3, 0.4) is 0 Å². The molecule has 0 aliphatic carbocycles. The highest BCUT2D eigenvalue weighted by Gasteiger charge is 2.16. The Morgan fingerprint density at radius 1 is 1.41 bits per heavy atom. The Hall–Kier alpha value is -2.18. The highest BCUT2D eigenvalue weighted by molar-refractivity contribution is 5.93. The van der Waals surface area contributed by atoms with Crippen LogP contribution in [0.5, 0.6) is 0 Å². The number of hydrogen-bond donors (Lipinski definition) is 1. The molecular formula is C16H21N3O3. The van der Waals surface area contributed by atoms with Crippen molar-refractivity contribution in [1.82, 2.24) is 14.7 Å². The van der Waals surface area contributed by atoms with Crippen molar-refractivity contribution in [1.29, 1.82) is 0 Å². The molecule has 1 aromatic carbocycles. The van der Waals surface area contributed by atoms with E-state index in [4.69, 9.17) is 4.74 Å².